The first-order valence-corrected chi connectivity index (χ1v) is 11.0. The first-order chi connectivity index (χ1) is 12.5. The van der Waals surface area contributed by atoms with E-state index in [4.69, 9.17) is 0 Å². The smallest absolute Gasteiger partial charge is 0.251 e. The second-order valence-corrected chi connectivity index (χ2v) is 9.05. The van der Waals surface area contributed by atoms with Gasteiger partial charge in [0.15, 0.2) is 0 Å². The Labute approximate surface area is 170 Å². The van der Waals surface area contributed by atoms with Crippen LogP contribution in [0.5, 0.6) is 0 Å². The molecule has 3 rings (SSSR count). The molecule has 1 fully saturated rings. The minimum absolute atomic E-state index is 0. The third kappa shape index (κ3) is 6.29. The number of halogens is 1. The van der Waals surface area contributed by atoms with Crippen LogP contribution in [0.2, 0.25) is 0 Å². The van der Waals surface area contributed by atoms with Crippen LogP contribution >= 0.6 is 23.7 Å². The second kappa shape index (κ2) is 10.2. The predicted octanol–water partition coefficient (Wildman–Crippen LogP) is 2.17. The highest BCUT2D eigenvalue weighted by molar-refractivity contribution is 7.89. The molecule has 0 atom stereocenters. The Balaban J connectivity index is 0.00000261. The zero-order valence-corrected chi connectivity index (χ0v) is 17.3. The predicted molar refractivity (Wildman–Crippen MR) is 110 cm³/mol. The molecule has 0 radical (unpaired) electrons. The number of sulfonamides is 1. The van der Waals surface area contributed by atoms with Gasteiger partial charge in [-0.15, -0.1) is 23.7 Å². The lowest BCUT2D eigenvalue weighted by atomic mass is 10.1. The molecule has 1 aromatic carbocycles. The van der Waals surface area contributed by atoms with Gasteiger partial charge in [0.1, 0.15) is 0 Å². The van der Waals surface area contributed by atoms with Crippen LogP contribution in [-0.2, 0) is 16.4 Å². The molecule has 0 saturated carbocycles. The fourth-order valence-electron chi connectivity index (χ4n) is 2.87. The van der Waals surface area contributed by atoms with E-state index in [1.54, 1.807) is 23.5 Å². The molecule has 1 amide bonds. The van der Waals surface area contributed by atoms with Crippen molar-refractivity contribution < 1.29 is 13.2 Å². The number of hydrogen-bond donors (Lipinski definition) is 3. The summed E-state index contributed by atoms with van der Waals surface area (Å²) >= 11 is 1.61. The summed E-state index contributed by atoms with van der Waals surface area (Å²) in [5.41, 5.74) is 0.473. The Hall–Kier alpha value is -1.45. The van der Waals surface area contributed by atoms with Crippen LogP contribution in [0.1, 0.15) is 28.1 Å². The van der Waals surface area contributed by atoms with Crippen LogP contribution in [0.4, 0.5) is 0 Å². The van der Waals surface area contributed by atoms with Gasteiger partial charge in [0.25, 0.3) is 5.91 Å². The molecule has 1 aromatic heterocycles. The number of piperidine rings is 1. The van der Waals surface area contributed by atoms with Crippen LogP contribution in [0.15, 0.2) is 46.7 Å². The van der Waals surface area contributed by atoms with Gasteiger partial charge in [-0.25, -0.2) is 13.1 Å². The summed E-state index contributed by atoms with van der Waals surface area (Å²) in [7, 11) is -3.57. The van der Waals surface area contributed by atoms with Gasteiger partial charge >= 0.3 is 0 Å². The van der Waals surface area contributed by atoms with E-state index < -0.39 is 10.0 Å². The van der Waals surface area contributed by atoms with Crippen molar-refractivity contribution in [2.45, 2.75) is 30.2 Å². The highest BCUT2D eigenvalue weighted by Gasteiger charge is 2.18. The van der Waals surface area contributed by atoms with Crippen molar-refractivity contribution in [1.82, 2.24) is 15.4 Å². The van der Waals surface area contributed by atoms with Crippen LogP contribution in [0, 0.1) is 0 Å². The normalized spacial score (nSPS) is 15.1. The molecule has 1 aliphatic heterocycles. The fraction of sp³-hybridized carbons (Fsp3) is 0.389. The van der Waals surface area contributed by atoms with Crippen molar-refractivity contribution >= 4 is 39.7 Å². The molecule has 3 N–H and O–H groups in total. The number of amides is 1. The molecule has 1 aliphatic rings. The molecular weight excluding hydrogens is 406 g/mol. The standard InChI is InChI=1S/C18H23N3O3S2.ClH/c22-18(21-15-7-10-19-11-8-15)14-3-5-17(6-4-14)26(23,24)20-12-9-16-2-1-13-25-16;/h1-6,13,15,19-20H,7-12H2,(H,21,22);1H. The maximum Gasteiger partial charge on any atom is 0.251 e. The van der Waals surface area contributed by atoms with Gasteiger partial charge in [-0.3, -0.25) is 4.79 Å². The van der Waals surface area contributed by atoms with Crippen molar-refractivity contribution in [1.29, 1.82) is 0 Å². The minimum atomic E-state index is -3.57. The SMILES string of the molecule is Cl.O=C(NC1CCNCC1)c1ccc(S(=O)(=O)NCCc2cccs2)cc1. The molecular formula is C18H24ClN3O3S2. The van der Waals surface area contributed by atoms with E-state index in [-0.39, 0.29) is 29.3 Å². The number of benzene rings is 1. The summed E-state index contributed by atoms with van der Waals surface area (Å²) in [6, 6.07) is 10.2. The summed E-state index contributed by atoms with van der Waals surface area (Å²) in [6.45, 7) is 2.15. The van der Waals surface area contributed by atoms with E-state index in [0.29, 0.717) is 18.5 Å². The quantitative estimate of drug-likeness (QED) is 0.629. The molecule has 0 spiro atoms. The van der Waals surface area contributed by atoms with Gasteiger partial charge in [0.05, 0.1) is 4.90 Å². The van der Waals surface area contributed by atoms with Gasteiger partial charge in [-0.1, -0.05) is 6.07 Å². The lowest BCUT2D eigenvalue weighted by Crippen LogP contribution is -2.42. The maximum atomic E-state index is 12.3. The van der Waals surface area contributed by atoms with Gasteiger partial charge in [0, 0.05) is 23.0 Å². The van der Waals surface area contributed by atoms with Crippen LogP contribution in [-0.4, -0.2) is 40.0 Å². The van der Waals surface area contributed by atoms with Crippen LogP contribution in [0.3, 0.4) is 0 Å². The largest absolute Gasteiger partial charge is 0.349 e. The number of carbonyl (C=O) groups is 1. The zero-order chi connectivity index (χ0) is 18.4. The Morgan fingerprint density at radius 3 is 2.48 bits per heavy atom. The number of thiophene rings is 1. The first-order valence-electron chi connectivity index (χ1n) is 8.68. The Morgan fingerprint density at radius 2 is 1.85 bits per heavy atom. The average Bonchev–Trinajstić information content (AvgIpc) is 3.16. The summed E-state index contributed by atoms with van der Waals surface area (Å²) < 4.78 is 27.3. The van der Waals surface area contributed by atoms with Gasteiger partial charge in [-0.2, -0.15) is 0 Å². The molecule has 0 bridgehead atoms. The van der Waals surface area contributed by atoms with Crippen LogP contribution in [0.25, 0.3) is 0 Å². The van der Waals surface area contributed by atoms with Gasteiger partial charge in [-0.05, 0) is 68.1 Å². The first kappa shape index (κ1) is 21.8. The number of hydrogen-bond acceptors (Lipinski definition) is 5. The molecule has 0 unspecified atom stereocenters. The van der Waals surface area contributed by atoms with Crippen molar-refractivity contribution in [3.8, 4) is 0 Å². The monoisotopic (exact) mass is 429 g/mol. The van der Waals surface area contributed by atoms with E-state index in [1.165, 1.54) is 12.1 Å². The molecule has 0 aliphatic carbocycles. The van der Waals surface area contributed by atoms with E-state index in [9.17, 15) is 13.2 Å². The second-order valence-electron chi connectivity index (χ2n) is 6.25. The summed E-state index contributed by atoms with van der Waals surface area (Å²) in [5.74, 6) is -0.161. The van der Waals surface area contributed by atoms with Crippen molar-refractivity contribution in [3.05, 3.63) is 52.2 Å². The zero-order valence-electron chi connectivity index (χ0n) is 14.8. The molecule has 6 nitrogen and oxygen atoms in total. The van der Waals surface area contributed by atoms with E-state index >= 15 is 0 Å². The number of carbonyl (C=O) groups excluding carboxylic acids is 1. The van der Waals surface area contributed by atoms with Crippen molar-refractivity contribution in [2.24, 2.45) is 0 Å². The molecule has 27 heavy (non-hydrogen) atoms. The fourth-order valence-corrected chi connectivity index (χ4v) is 4.61. The van der Waals surface area contributed by atoms with Crippen molar-refractivity contribution in [2.75, 3.05) is 19.6 Å². The Kier molecular flexibility index (Phi) is 8.25. The Bertz CT molecular complexity index is 818. The highest BCUT2D eigenvalue weighted by Crippen LogP contribution is 2.13. The third-order valence-electron chi connectivity index (χ3n) is 4.34. The van der Waals surface area contributed by atoms with E-state index in [2.05, 4.69) is 15.4 Å². The van der Waals surface area contributed by atoms with Crippen LogP contribution < -0.4 is 15.4 Å². The number of nitrogens with one attached hydrogen (secondary N) is 3. The molecule has 9 heteroatoms. The highest BCUT2D eigenvalue weighted by atomic mass is 35.5. The van der Waals surface area contributed by atoms with Gasteiger partial charge < -0.3 is 10.6 Å². The minimum Gasteiger partial charge on any atom is -0.349 e. The van der Waals surface area contributed by atoms with E-state index in [1.807, 2.05) is 17.5 Å². The lowest BCUT2D eigenvalue weighted by molar-refractivity contribution is 0.0929. The Morgan fingerprint density at radius 1 is 1.15 bits per heavy atom. The van der Waals surface area contributed by atoms with Gasteiger partial charge in [0.2, 0.25) is 10.0 Å². The molecule has 2 aromatic rings. The number of rotatable bonds is 7. The topological polar surface area (TPSA) is 87.3 Å². The van der Waals surface area contributed by atoms with Crippen molar-refractivity contribution in [3.63, 3.8) is 0 Å². The molecule has 2 heterocycles. The molecule has 148 valence electrons. The lowest BCUT2D eigenvalue weighted by Gasteiger charge is -2.23. The summed E-state index contributed by atoms with van der Waals surface area (Å²) in [6.07, 6.45) is 2.48. The third-order valence-corrected chi connectivity index (χ3v) is 6.76. The average molecular weight is 430 g/mol. The maximum absolute atomic E-state index is 12.3. The van der Waals surface area contributed by atoms with E-state index in [0.717, 1.165) is 30.8 Å². The summed E-state index contributed by atoms with van der Waals surface area (Å²) in [4.78, 5) is 13.6. The summed E-state index contributed by atoms with van der Waals surface area (Å²) in [5, 5.41) is 8.22. The molecule has 1 saturated heterocycles.